The van der Waals surface area contributed by atoms with Gasteiger partial charge in [-0.05, 0) is 51.9 Å². The zero-order valence-corrected chi connectivity index (χ0v) is 12.4. The summed E-state index contributed by atoms with van der Waals surface area (Å²) in [5.41, 5.74) is 0. The van der Waals surface area contributed by atoms with E-state index in [2.05, 4.69) is 21.0 Å². The summed E-state index contributed by atoms with van der Waals surface area (Å²) in [5, 5.41) is 3.11. The van der Waals surface area contributed by atoms with Crippen molar-refractivity contribution in [2.75, 3.05) is 45.8 Å². The van der Waals surface area contributed by atoms with Crippen LogP contribution in [0, 0.1) is 18.3 Å². The van der Waals surface area contributed by atoms with E-state index in [4.69, 9.17) is 6.42 Å². The average Bonchev–Trinajstić information content (AvgIpc) is 2.49. The zero-order chi connectivity index (χ0) is 14.2. The van der Waals surface area contributed by atoms with Gasteiger partial charge in [0.15, 0.2) is 0 Å². The van der Waals surface area contributed by atoms with E-state index < -0.39 is 0 Å². The average molecular weight is 277 g/mol. The van der Waals surface area contributed by atoms with Crippen LogP contribution in [0.3, 0.4) is 0 Å². The molecule has 0 unspecified atom stereocenters. The Bertz CT molecular complexity index is 336. The molecule has 1 amide bonds. The molecule has 0 aromatic heterocycles. The van der Waals surface area contributed by atoms with Crippen molar-refractivity contribution in [3.63, 3.8) is 0 Å². The highest BCUT2D eigenvalue weighted by Crippen LogP contribution is 2.16. The number of nitrogens with zero attached hydrogens (tertiary/aromatic N) is 2. The summed E-state index contributed by atoms with van der Waals surface area (Å²) in [6.07, 6.45) is 11.2. The molecular weight excluding hydrogens is 250 g/mol. The number of piperidine rings is 2. The summed E-state index contributed by atoms with van der Waals surface area (Å²) in [4.78, 5) is 16.8. The first-order valence-corrected chi connectivity index (χ1v) is 7.95. The quantitative estimate of drug-likeness (QED) is 0.760. The van der Waals surface area contributed by atoms with Gasteiger partial charge in [-0.2, -0.15) is 0 Å². The predicted molar refractivity (Wildman–Crippen MR) is 81.3 cm³/mol. The number of rotatable bonds is 5. The number of terminal acetylenes is 1. The number of carbonyl (C=O) groups is 1. The number of nitrogens with one attached hydrogen (secondary N) is 1. The second-order valence-corrected chi connectivity index (χ2v) is 5.95. The Labute approximate surface area is 122 Å². The molecule has 2 heterocycles. The van der Waals surface area contributed by atoms with Crippen molar-refractivity contribution in [3.05, 3.63) is 0 Å². The molecular formula is C16H27N3O. The minimum absolute atomic E-state index is 0.186. The molecule has 0 bridgehead atoms. The fourth-order valence-electron chi connectivity index (χ4n) is 3.15. The first-order chi connectivity index (χ1) is 9.79. The van der Waals surface area contributed by atoms with Crippen LogP contribution in [0.2, 0.25) is 0 Å². The Morgan fingerprint density at radius 1 is 1.10 bits per heavy atom. The number of hydrogen-bond donors (Lipinski definition) is 1. The Kier molecular flexibility index (Phi) is 6.35. The lowest BCUT2D eigenvalue weighted by Crippen LogP contribution is -2.43. The van der Waals surface area contributed by atoms with Crippen LogP contribution < -0.4 is 5.32 Å². The molecule has 4 heteroatoms. The highest BCUT2D eigenvalue weighted by atomic mass is 16.1. The molecule has 0 spiro atoms. The van der Waals surface area contributed by atoms with Gasteiger partial charge in [-0.25, -0.2) is 0 Å². The fraction of sp³-hybridized carbons (Fsp3) is 0.812. The number of likely N-dealkylation sites (tertiary alicyclic amines) is 2. The Hall–Kier alpha value is -1.05. The van der Waals surface area contributed by atoms with Gasteiger partial charge in [-0.15, -0.1) is 6.42 Å². The van der Waals surface area contributed by atoms with Crippen LogP contribution in [0.5, 0.6) is 0 Å². The van der Waals surface area contributed by atoms with E-state index >= 15 is 0 Å². The zero-order valence-electron chi connectivity index (χ0n) is 12.4. The second kappa shape index (κ2) is 8.28. The molecule has 2 aliphatic heterocycles. The first kappa shape index (κ1) is 15.3. The molecule has 0 aliphatic carbocycles. The van der Waals surface area contributed by atoms with Crippen molar-refractivity contribution in [2.45, 2.75) is 32.1 Å². The predicted octanol–water partition coefficient (Wildman–Crippen LogP) is 0.934. The normalized spacial score (nSPS) is 22.4. The van der Waals surface area contributed by atoms with E-state index in [0.29, 0.717) is 6.54 Å². The maximum absolute atomic E-state index is 12.1. The first-order valence-electron chi connectivity index (χ1n) is 7.95. The smallest absolute Gasteiger partial charge is 0.223 e. The molecule has 112 valence electrons. The Balaban J connectivity index is 1.59. The summed E-state index contributed by atoms with van der Waals surface area (Å²) in [6.45, 7) is 6.80. The van der Waals surface area contributed by atoms with Gasteiger partial charge in [-0.1, -0.05) is 12.3 Å². The van der Waals surface area contributed by atoms with E-state index in [0.717, 1.165) is 39.0 Å². The van der Waals surface area contributed by atoms with Crippen LogP contribution >= 0.6 is 0 Å². The van der Waals surface area contributed by atoms with Gasteiger partial charge in [0.25, 0.3) is 0 Å². The highest BCUT2D eigenvalue weighted by Gasteiger charge is 2.24. The van der Waals surface area contributed by atoms with Crippen molar-refractivity contribution in [1.29, 1.82) is 0 Å². The third kappa shape index (κ3) is 4.81. The van der Waals surface area contributed by atoms with Gasteiger partial charge in [0.2, 0.25) is 5.91 Å². The molecule has 1 N–H and O–H groups in total. The van der Waals surface area contributed by atoms with Gasteiger partial charge in [0.05, 0.1) is 6.54 Å². The maximum Gasteiger partial charge on any atom is 0.223 e. The molecule has 0 radical (unpaired) electrons. The highest BCUT2D eigenvalue weighted by molar-refractivity contribution is 5.78. The standard InChI is InChI=1S/C16H27N3O/c1-2-9-18-12-6-15(7-13-18)16(20)17-8-14-19-10-4-3-5-11-19/h1,15H,3-14H2,(H,17,20). The molecule has 2 saturated heterocycles. The maximum atomic E-state index is 12.1. The largest absolute Gasteiger partial charge is 0.355 e. The van der Waals surface area contributed by atoms with Gasteiger partial charge < -0.3 is 10.2 Å². The van der Waals surface area contributed by atoms with Crippen molar-refractivity contribution < 1.29 is 4.79 Å². The van der Waals surface area contributed by atoms with Gasteiger partial charge in [-0.3, -0.25) is 9.69 Å². The SMILES string of the molecule is C#CCN1CCC(C(=O)NCCN2CCCCC2)CC1. The lowest BCUT2D eigenvalue weighted by Gasteiger charge is -2.30. The van der Waals surface area contributed by atoms with Crippen LogP contribution in [-0.2, 0) is 4.79 Å². The van der Waals surface area contributed by atoms with Crippen molar-refractivity contribution >= 4 is 5.91 Å². The molecule has 2 rings (SSSR count). The van der Waals surface area contributed by atoms with E-state index in [9.17, 15) is 4.79 Å². The van der Waals surface area contributed by atoms with Crippen molar-refractivity contribution in [3.8, 4) is 12.3 Å². The van der Waals surface area contributed by atoms with Crippen molar-refractivity contribution in [2.24, 2.45) is 5.92 Å². The minimum Gasteiger partial charge on any atom is -0.355 e. The van der Waals surface area contributed by atoms with Gasteiger partial charge >= 0.3 is 0 Å². The molecule has 0 saturated carbocycles. The second-order valence-electron chi connectivity index (χ2n) is 5.95. The number of carbonyl (C=O) groups excluding carboxylic acids is 1. The van der Waals surface area contributed by atoms with E-state index in [1.165, 1.54) is 32.4 Å². The van der Waals surface area contributed by atoms with Gasteiger partial charge in [0.1, 0.15) is 0 Å². The van der Waals surface area contributed by atoms with Crippen LogP contribution in [0.1, 0.15) is 32.1 Å². The molecule has 4 nitrogen and oxygen atoms in total. The van der Waals surface area contributed by atoms with Crippen LogP contribution in [0.15, 0.2) is 0 Å². The minimum atomic E-state index is 0.186. The number of hydrogen-bond acceptors (Lipinski definition) is 3. The molecule has 0 atom stereocenters. The molecule has 20 heavy (non-hydrogen) atoms. The summed E-state index contributed by atoms with van der Waals surface area (Å²) in [5.74, 6) is 3.10. The summed E-state index contributed by atoms with van der Waals surface area (Å²) in [6, 6.07) is 0. The molecule has 2 aliphatic rings. The molecule has 2 fully saturated rings. The lowest BCUT2D eigenvalue weighted by atomic mass is 9.96. The topological polar surface area (TPSA) is 35.6 Å². The summed E-state index contributed by atoms with van der Waals surface area (Å²) >= 11 is 0. The summed E-state index contributed by atoms with van der Waals surface area (Å²) < 4.78 is 0. The van der Waals surface area contributed by atoms with Crippen LogP contribution in [0.4, 0.5) is 0 Å². The van der Waals surface area contributed by atoms with E-state index in [-0.39, 0.29) is 11.8 Å². The van der Waals surface area contributed by atoms with E-state index in [1.807, 2.05) is 0 Å². The molecule has 0 aromatic rings. The number of amides is 1. The van der Waals surface area contributed by atoms with Crippen LogP contribution in [0.25, 0.3) is 0 Å². The van der Waals surface area contributed by atoms with Gasteiger partial charge in [0, 0.05) is 19.0 Å². The van der Waals surface area contributed by atoms with Crippen LogP contribution in [-0.4, -0.2) is 61.5 Å². The monoisotopic (exact) mass is 277 g/mol. The fourth-order valence-corrected chi connectivity index (χ4v) is 3.15. The Morgan fingerprint density at radius 3 is 2.45 bits per heavy atom. The van der Waals surface area contributed by atoms with Crippen molar-refractivity contribution in [1.82, 2.24) is 15.1 Å². The third-order valence-electron chi connectivity index (χ3n) is 4.45. The summed E-state index contributed by atoms with van der Waals surface area (Å²) in [7, 11) is 0. The van der Waals surface area contributed by atoms with E-state index in [1.54, 1.807) is 0 Å². The molecule has 0 aromatic carbocycles. The lowest BCUT2D eigenvalue weighted by molar-refractivity contribution is -0.126. The third-order valence-corrected chi connectivity index (χ3v) is 4.45. The Morgan fingerprint density at radius 2 is 1.80 bits per heavy atom.